The number of anilines is 2. The fraction of sp³-hybridized carbons (Fsp3) is 0.429. The second-order valence-electron chi connectivity index (χ2n) is 8.18. The number of H-pyrrole nitrogens is 1. The van der Waals surface area contributed by atoms with Gasteiger partial charge in [0, 0.05) is 46.3 Å². The zero-order chi connectivity index (χ0) is 24.0. The number of piperazine rings is 1. The molecule has 0 unspecified atom stereocenters. The van der Waals surface area contributed by atoms with Crippen molar-refractivity contribution in [1.29, 1.82) is 0 Å². The Morgan fingerprint density at radius 1 is 1.12 bits per heavy atom. The molecule has 5 rings (SSSR count). The minimum atomic E-state index is -4.47. The monoisotopic (exact) mass is 538 g/mol. The van der Waals surface area contributed by atoms with Crippen LogP contribution in [0.3, 0.4) is 0 Å². The smallest absolute Gasteiger partial charge is 0.396 e. The predicted molar refractivity (Wildman–Crippen MR) is 125 cm³/mol. The number of halogens is 4. The summed E-state index contributed by atoms with van der Waals surface area (Å²) in [6, 6.07) is 2.34. The van der Waals surface area contributed by atoms with Crippen LogP contribution in [0.1, 0.15) is 17.8 Å². The Bertz CT molecular complexity index is 1340. The first-order valence-corrected chi connectivity index (χ1v) is 11.6. The van der Waals surface area contributed by atoms with Crippen LogP contribution in [0.25, 0.3) is 22.1 Å². The molecule has 0 atom stereocenters. The molecule has 1 fully saturated rings. The van der Waals surface area contributed by atoms with E-state index in [1.165, 1.54) is 12.4 Å². The van der Waals surface area contributed by atoms with Crippen molar-refractivity contribution < 1.29 is 18.3 Å². The molecule has 0 saturated carbocycles. The molecule has 34 heavy (non-hydrogen) atoms. The summed E-state index contributed by atoms with van der Waals surface area (Å²) in [4.78, 5) is 17.3. The minimum Gasteiger partial charge on any atom is -0.396 e. The van der Waals surface area contributed by atoms with Crippen LogP contribution in [0.15, 0.2) is 23.1 Å². The molecule has 9 nitrogen and oxygen atoms in total. The molecule has 1 saturated heterocycles. The summed E-state index contributed by atoms with van der Waals surface area (Å²) >= 11 is 3.45. The SMILES string of the molecule is Cn1c(CCCO)nc2c(N3CCN(c4ncnc5n[nH]c(Br)c45)CC3)cc(C(F)(F)F)cc21. The molecule has 1 aliphatic rings. The second kappa shape index (κ2) is 8.69. The first-order valence-electron chi connectivity index (χ1n) is 10.8. The number of fused-ring (bicyclic) bond motifs is 2. The van der Waals surface area contributed by atoms with Gasteiger partial charge in [-0.05, 0) is 34.5 Å². The Hall–Kier alpha value is -2.93. The van der Waals surface area contributed by atoms with Crippen LogP contribution in [-0.2, 0) is 19.6 Å². The largest absolute Gasteiger partial charge is 0.416 e. The molecule has 180 valence electrons. The van der Waals surface area contributed by atoms with E-state index in [-0.39, 0.29) is 6.61 Å². The predicted octanol–water partition coefficient (Wildman–Crippen LogP) is 3.27. The number of benzene rings is 1. The van der Waals surface area contributed by atoms with E-state index in [9.17, 15) is 18.3 Å². The van der Waals surface area contributed by atoms with Gasteiger partial charge in [-0.25, -0.2) is 15.0 Å². The summed E-state index contributed by atoms with van der Waals surface area (Å²) in [6.45, 7) is 2.12. The maximum Gasteiger partial charge on any atom is 0.416 e. The van der Waals surface area contributed by atoms with Crippen LogP contribution in [0.5, 0.6) is 0 Å². The number of hydrogen-bond donors (Lipinski definition) is 2. The molecule has 0 amide bonds. The normalized spacial score (nSPS) is 15.1. The highest BCUT2D eigenvalue weighted by molar-refractivity contribution is 9.10. The number of imidazole rings is 1. The molecular weight excluding hydrogens is 517 g/mol. The molecule has 0 bridgehead atoms. The zero-order valence-corrected chi connectivity index (χ0v) is 19.9. The highest BCUT2D eigenvalue weighted by atomic mass is 79.9. The maximum atomic E-state index is 13.7. The highest BCUT2D eigenvalue weighted by Crippen LogP contribution is 2.38. The average molecular weight is 539 g/mol. The third-order valence-electron chi connectivity index (χ3n) is 6.15. The number of aliphatic hydroxyl groups is 1. The van der Waals surface area contributed by atoms with Gasteiger partial charge in [-0.3, -0.25) is 5.10 Å². The van der Waals surface area contributed by atoms with Gasteiger partial charge in [0.25, 0.3) is 0 Å². The standard InChI is InChI=1S/C21H22BrF3N8O/c1-31-13-9-12(21(23,24)25)10-14(17(13)28-15(31)3-2-8-34)32-4-6-33(7-5-32)20-16-18(22)29-30-19(16)26-11-27-20/h9-11,34H,2-8H2,1H3,(H,26,27,29,30). The lowest BCUT2D eigenvalue weighted by Crippen LogP contribution is -2.47. The van der Waals surface area contributed by atoms with E-state index in [1.807, 2.05) is 4.90 Å². The fourth-order valence-corrected chi connectivity index (χ4v) is 4.83. The Labute approximate surface area is 200 Å². The molecule has 4 heterocycles. The molecule has 1 aliphatic heterocycles. The zero-order valence-electron chi connectivity index (χ0n) is 18.3. The number of aromatic amines is 1. The van der Waals surface area contributed by atoms with Gasteiger partial charge in [-0.15, -0.1) is 0 Å². The van der Waals surface area contributed by atoms with E-state index in [0.717, 1.165) is 17.3 Å². The van der Waals surface area contributed by atoms with Crippen LogP contribution >= 0.6 is 15.9 Å². The number of rotatable bonds is 5. The molecule has 3 aromatic heterocycles. The number of nitrogens with zero attached hydrogens (tertiary/aromatic N) is 7. The summed E-state index contributed by atoms with van der Waals surface area (Å²) in [5.74, 6) is 1.38. The van der Waals surface area contributed by atoms with Crippen molar-refractivity contribution in [2.45, 2.75) is 19.0 Å². The summed E-state index contributed by atoms with van der Waals surface area (Å²) in [6.07, 6.45) is -2.04. The fourth-order valence-electron chi connectivity index (χ4n) is 4.39. The lowest BCUT2D eigenvalue weighted by atomic mass is 10.1. The number of aliphatic hydroxyl groups excluding tert-OH is 1. The van der Waals surface area contributed by atoms with Crippen molar-refractivity contribution in [3.05, 3.63) is 34.5 Å². The van der Waals surface area contributed by atoms with E-state index in [0.29, 0.717) is 71.8 Å². The van der Waals surface area contributed by atoms with E-state index < -0.39 is 11.7 Å². The second-order valence-corrected chi connectivity index (χ2v) is 8.98. The highest BCUT2D eigenvalue weighted by Gasteiger charge is 2.34. The van der Waals surface area contributed by atoms with Gasteiger partial charge in [0.1, 0.15) is 28.1 Å². The lowest BCUT2D eigenvalue weighted by molar-refractivity contribution is -0.137. The van der Waals surface area contributed by atoms with E-state index in [1.54, 1.807) is 11.6 Å². The summed E-state index contributed by atoms with van der Waals surface area (Å²) in [5, 5.41) is 16.9. The number of aromatic nitrogens is 6. The Morgan fingerprint density at radius 2 is 1.85 bits per heavy atom. The van der Waals surface area contributed by atoms with E-state index >= 15 is 0 Å². The maximum absolute atomic E-state index is 13.7. The lowest BCUT2D eigenvalue weighted by Gasteiger charge is -2.37. The molecule has 13 heteroatoms. The van der Waals surface area contributed by atoms with Gasteiger partial charge in [0.2, 0.25) is 0 Å². The van der Waals surface area contributed by atoms with Crippen LogP contribution in [0.4, 0.5) is 24.7 Å². The Balaban J connectivity index is 1.49. The van der Waals surface area contributed by atoms with Gasteiger partial charge < -0.3 is 19.5 Å². The molecule has 0 spiro atoms. The van der Waals surface area contributed by atoms with Crippen LogP contribution in [-0.4, -0.2) is 67.6 Å². The first kappa shape index (κ1) is 22.8. The molecular formula is C21H22BrF3N8O. The van der Waals surface area contributed by atoms with Crippen molar-refractivity contribution in [3.8, 4) is 0 Å². The third-order valence-corrected chi connectivity index (χ3v) is 6.73. The summed E-state index contributed by atoms with van der Waals surface area (Å²) in [5.41, 5.74) is 1.28. The molecule has 0 aliphatic carbocycles. The van der Waals surface area contributed by atoms with Gasteiger partial charge in [-0.2, -0.15) is 18.3 Å². The number of hydrogen-bond acceptors (Lipinski definition) is 7. The molecule has 1 aromatic carbocycles. The van der Waals surface area contributed by atoms with Gasteiger partial charge in [0.15, 0.2) is 5.65 Å². The Kier molecular flexibility index (Phi) is 5.84. The quantitative estimate of drug-likeness (QED) is 0.402. The molecule has 0 radical (unpaired) electrons. The Morgan fingerprint density at radius 3 is 2.56 bits per heavy atom. The number of nitrogens with one attached hydrogen (secondary N) is 1. The van der Waals surface area contributed by atoms with Gasteiger partial charge >= 0.3 is 6.18 Å². The van der Waals surface area contributed by atoms with Crippen molar-refractivity contribution in [3.63, 3.8) is 0 Å². The van der Waals surface area contributed by atoms with E-state index in [4.69, 9.17) is 0 Å². The van der Waals surface area contributed by atoms with Crippen molar-refractivity contribution in [2.75, 3.05) is 42.6 Å². The van der Waals surface area contributed by atoms with Crippen molar-refractivity contribution in [1.82, 2.24) is 29.7 Å². The number of aryl methyl sites for hydroxylation is 2. The average Bonchev–Trinajstić information content (AvgIpc) is 3.36. The van der Waals surface area contributed by atoms with Gasteiger partial charge in [0.05, 0.1) is 22.2 Å². The molecule has 2 N–H and O–H groups in total. The van der Waals surface area contributed by atoms with Crippen molar-refractivity contribution >= 4 is 49.5 Å². The summed E-state index contributed by atoms with van der Waals surface area (Å²) < 4.78 is 43.6. The van der Waals surface area contributed by atoms with Crippen molar-refractivity contribution in [2.24, 2.45) is 7.05 Å². The topological polar surface area (TPSA) is 99.0 Å². The van der Waals surface area contributed by atoms with Crippen LogP contribution in [0, 0.1) is 0 Å². The van der Waals surface area contributed by atoms with Crippen LogP contribution in [0.2, 0.25) is 0 Å². The van der Waals surface area contributed by atoms with Crippen LogP contribution < -0.4 is 9.80 Å². The number of alkyl halides is 3. The first-order chi connectivity index (χ1) is 16.3. The minimum absolute atomic E-state index is 0.00505. The van der Waals surface area contributed by atoms with Gasteiger partial charge in [-0.1, -0.05) is 0 Å². The van der Waals surface area contributed by atoms with E-state index in [2.05, 4.69) is 46.0 Å². The third kappa shape index (κ3) is 3.96. The molecule has 4 aromatic rings. The summed E-state index contributed by atoms with van der Waals surface area (Å²) in [7, 11) is 1.72.